The fourth-order valence-electron chi connectivity index (χ4n) is 5.34. The number of aryl methyl sites for hydroxylation is 2. The minimum atomic E-state index is -0.534. The third-order valence-electron chi connectivity index (χ3n) is 7.70. The standard InChI is InChI=1S/C28H34FN5O4/c1-14-4-9-20(38-12-17-5-6-17)23(24(14)29)26-27-25(30-13-31-26)22(16(3)32-27)28(37)33-18-7-8-19(15(2)10-18)34-21(36)11-35/h4,9,13,15,17-19,32,35H,5-8,10-12H2,1-3H3,(H,33,37)(H,34,36). The number of H-pyrrole nitrogens is 1. The number of hydrogen-bond acceptors (Lipinski definition) is 6. The number of halogens is 1. The molecule has 0 radical (unpaired) electrons. The number of amides is 2. The van der Waals surface area contributed by atoms with Gasteiger partial charge < -0.3 is 25.5 Å². The first-order valence-electron chi connectivity index (χ1n) is 13.2. The fraction of sp³-hybridized carbons (Fsp3) is 0.500. The van der Waals surface area contributed by atoms with E-state index in [-0.39, 0.29) is 35.4 Å². The molecule has 3 unspecified atom stereocenters. The van der Waals surface area contributed by atoms with E-state index in [9.17, 15) is 9.59 Å². The lowest BCUT2D eigenvalue weighted by molar-refractivity contribution is -0.125. The van der Waals surface area contributed by atoms with Crippen LogP contribution in [0.15, 0.2) is 18.5 Å². The molecule has 3 aromatic rings. The van der Waals surface area contributed by atoms with E-state index in [4.69, 9.17) is 9.84 Å². The lowest BCUT2D eigenvalue weighted by Crippen LogP contribution is -2.48. The summed E-state index contributed by atoms with van der Waals surface area (Å²) in [4.78, 5) is 37.1. The van der Waals surface area contributed by atoms with Gasteiger partial charge in [0.05, 0.1) is 23.3 Å². The van der Waals surface area contributed by atoms with Crippen LogP contribution in [0.2, 0.25) is 0 Å². The van der Waals surface area contributed by atoms with Crippen molar-refractivity contribution in [2.45, 2.75) is 65.0 Å². The van der Waals surface area contributed by atoms with Gasteiger partial charge in [0.2, 0.25) is 5.91 Å². The van der Waals surface area contributed by atoms with Crippen LogP contribution in [0, 0.1) is 31.5 Å². The van der Waals surface area contributed by atoms with Crippen molar-refractivity contribution in [3.63, 3.8) is 0 Å². The van der Waals surface area contributed by atoms with Gasteiger partial charge in [-0.1, -0.05) is 13.0 Å². The number of rotatable bonds is 8. The Morgan fingerprint density at radius 2 is 1.95 bits per heavy atom. The average Bonchev–Trinajstić information content (AvgIpc) is 3.66. The van der Waals surface area contributed by atoms with E-state index in [0.717, 1.165) is 12.8 Å². The van der Waals surface area contributed by atoms with Crippen LogP contribution in [0.1, 0.15) is 60.6 Å². The number of fused-ring (bicyclic) bond motifs is 1. The maximum Gasteiger partial charge on any atom is 0.255 e. The van der Waals surface area contributed by atoms with Gasteiger partial charge in [-0.2, -0.15) is 0 Å². The number of carbonyl (C=O) groups is 2. The van der Waals surface area contributed by atoms with E-state index in [1.165, 1.54) is 6.33 Å². The van der Waals surface area contributed by atoms with Gasteiger partial charge in [0.25, 0.3) is 5.91 Å². The molecule has 0 saturated heterocycles. The van der Waals surface area contributed by atoms with Gasteiger partial charge in [-0.05, 0) is 69.4 Å². The van der Waals surface area contributed by atoms with E-state index in [1.807, 2.05) is 6.92 Å². The third kappa shape index (κ3) is 5.22. The zero-order chi connectivity index (χ0) is 27.0. The first-order valence-corrected chi connectivity index (χ1v) is 13.2. The summed E-state index contributed by atoms with van der Waals surface area (Å²) in [6, 6.07) is 3.37. The summed E-state index contributed by atoms with van der Waals surface area (Å²) in [6.45, 7) is 5.52. The highest BCUT2D eigenvalue weighted by atomic mass is 19.1. The van der Waals surface area contributed by atoms with Crippen LogP contribution in [0.25, 0.3) is 22.3 Å². The number of ether oxygens (including phenoxy) is 1. The van der Waals surface area contributed by atoms with Crippen molar-refractivity contribution in [2.24, 2.45) is 11.8 Å². The molecule has 0 aliphatic heterocycles. The van der Waals surface area contributed by atoms with Crippen LogP contribution >= 0.6 is 0 Å². The van der Waals surface area contributed by atoms with Crippen molar-refractivity contribution in [3.8, 4) is 17.0 Å². The summed E-state index contributed by atoms with van der Waals surface area (Å²) in [5, 5.41) is 15.0. The lowest BCUT2D eigenvalue weighted by atomic mass is 9.82. The second-order valence-corrected chi connectivity index (χ2v) is 10.7. The van der Waals surface area contributed by atoms with Gasteiger partial charge in [0.1, 0.15) is 35.7 Å². The number of benzene rings is 1. The van der Waals surface area contributed by atoms with E-state index < -0.39 is 12.4 Å². The molecule has 2 amide bonds. The normalized spacial score (nSPS) is 21.3. The second-order valence-electron chi connectivity index (χ2n) is 10.7. The molecule has 3 atom stereocenters. The Bertz CT molecular complexity index is 1370. The van der Waals surface area contributed by atoms with Gasteiger partial charge >= 0.3 is 0 Å². The smallest absolute Gasteiger partial charge is 0.255 e. The van der Waals surface area contributed by atoms with Gasteiger partial charge in [0, 0.05) is 17.8 Å². The average molecular weight is 524 g/mol. The minimum absolute atomic E-state index is 0.0338. The van der Waals surface area contributed by atoms with Gasteiger partial charge in [-0.3, -0.25) is 9.59 Å². The summed E-state index contributed by atoms with van der Waals surface area (Å²) >= 11 is 0. The van der Waals surface area contributed by atoms with E-state index >= 15 is 4.39 Å². The van der Waals surface area contributed by atoms with Crippen molar-refractivity contribution in [3.05, 3.63) is 41.1 Å². The highest BCUT2D eigenvalue weighted by Gasteiger charge is 2.31. The molecule has 10 heteroatoms. The Hall–Kier alpha value is -3.53. The quantitative estimate of drug-likeness (QED) is 0.357. The Morgan fingerprint density at radius 3 is 2.66 bits per heavy atom. The largest absolute Gasteiger partial charge is 0.492 e. The minimum Gasteiger partial charge on any atom is -0.492 e. The molecule has 2 heterocycles. The van der Waals surface area contributed by atoms with E-state index in [1.54, 1.807) is 26.0 Å². The predicted octanol–water partition coefficient (Wildman–Crippen LogP) is 3.57. The zero-order valence-corrected chi connectivity index (χ0v) is 21.9. The number of carbonyl (C=O) groups excluding carboxylic acids is 2. The van der Waals surface area contributed by atoms with Crippen LogP contribution in [0.3, 0.4) is 0 Å². The highest BCUT2D eigenvalue weighted by molar-refractivity contribution is 6.09. The number of aromatic nitrogens is 3. The van der Waals surface area contributed by atoms with Gasteiger partial charge in [0.15, 0.2) is 0 Å². The first kappa shape index (κ1) is 26.1. The number of nitrogens with zero attached hydrogens (tertiary/aromatic N) is 2. The molecular formula is C28H34FN5O4. The van der Waals surface area contributed by atoms with E-state index in [0.29, 0.717) is 71.1 Å². The van der Waals surface area contributed by atoms with Crippen molar-refractivity contribution in [1.82, 2.24) is 25.6 Å². The molecule has 2 saturated carbocycles. The van der Waals surface area contributed by atoms with Crippen molar-refractivity contribution in [2.75, 3.05) is 13.2 Å². The molecule has 38 heavy (non-hydrogen) atoms. The SMILES string of the molecule is Cc1ccc(OCC2CC2)c(-c2ncnc3c(C(=O)NC4CCC(NC(=O)CO)C(C)C4)c(C)[nH]c23)c1F. The molecule has 1 aromatic carbocycles. The Morgan fingerprint density at radius 1 is 1.16 bits per heavy atom. The molecule has 9 nitrogen and oxygen atoms in total. The van der Waals surface area contributed by atoms with Crippen molar-refractivity contribution < 1.29 is 23.8 Å². The molecule has 202 valence electrons. The Balaban J connectivity index is 1.41. The molecule has 5 rings (SSSR count). The molecule has 2 aliphatic carbocycles. The number of aliphatic hydroxyl groups excluding tert-OH is 1. The monoisotopic (exact) mass is 523 g/mol. The lowest BCUT2D eigenvalue weighted by Gasteiger charge is -2.34. The molecule has 2 aliphatic rings. The van der Waals surface area contributed by atoms with Crippen molar-refractivity contribution in [1.29, 1.82) is 0 Å². The molecule has 0 spiro atoms. The summed E-state index contributed by atoms with van der Waals surface area (Å²) in [5.74, 6) is 0.0157. The predicted molar refractivity (Wildman–Crippen MR) is 140 cm³/mol. The molecule has 0 bridgehead atoms. The number of aliphatic hydroxyl groups is 1. The van der Waals surface area contributed by atoms with Crippen LogP contribution in [0.4, 0.5) is 4.39 Å². The summed E-state index contributed by atoms with van der Waals surface area (Å²) in [7, 11) is 0. The number of nitrogens with one attached hydrogen (secondary N) is 3. The summed E-state index contributed by atoms with van der Waals surface area (Å²) in [5.41, 5.74) is 3.04. The first-order chi connectivity index (χ1) is 18.3. The fourth-order valence-corrected chi connectivity index (χ4v) is 5.34. The van der Waals surface area contributed by atoms with Crippen molar-refractivity contribution >= 4 is 22.8 Å². The Labute approximate surface area is 220 Å². The van der Waals surface area contributed by atoms with Gasteiger partial charge in [-0.25, -0.2) is 14.4 Å². The molecular weight excluding hydrogens is 489 g/mol. The second kappa shape index (κ2) is 10.7. The highest BCUT2D eigenvalue weighted by Crippen LogP contribution is 2.39. The number of hydrogen-bond donors (Lipinski definition) is 4. The van der Waals surface area contributed by atoms with Crippen LogP contribution in [-0.4, -0.2) is 57.2 Å². The zero-order valence-electron chi connectivity index (χ0n) is 21.9. The number of aromatic amines is 1. The van der Waals surface area contributed by atoms with Crippen LogP contribution in [0.5, 0.6) is 5.75 Å². The summed E-state index contributed by atoms with van der Waals surface area (Å²) in [6.07, 6.45) is 5.68. The summed E-state index contributed by atoms with van der Waals surface area (Å²) < 4.78 is 21.5. The molecule has 2 aromatic heterocycles. The molecule has 2 fully saturated rings. The van der Waals surface area contributed by atoms with Crippen LogP contribution < -0.4 is 15.4 Å². The Kier molecular flexibility index (Phi) is 7.34. The third-order valence-corrected chi connectivity index (χ3v) is 7.70. The van der Waals surface area contributed by atoms with Gasteiger partial charge in [-0.15, -0.1) is 0 Å². The van der Waals surface area contributed by atoms with Crippen LogP contribution in [-0.2, 0) is 4.79 Å². The van der Waals surface area contributed by atoms with E-state index in [2.05, 4.69) is 25.6 Å². The molecule has 4 N–H and O–H groups in total. The maximum atomic E-state index is 15.5. The maximum absolute atomic E-state index is 15.5. The topological polar surface area (TPSA) is 129 Å².